The van der Waals surface area contributed by atoms with Gasteiger partial charge in [-0.05, 0) is 67.4 Å². The molecule has 2 aromatic carbocycles. The van der Waals surface area contributed by atoms with Crippen LogP contribution in [0.4, 0.5) is 10.5 Å². The quantitative estimate of drug-likeness (QED) is 0.639. The number of barbiturate groups is 1. The molecule has 0 spiro atoms. The Morgan fingerprint density at radius 1 is 1.17 bits per heavy atom. The Morgan fingerprint density at radius 3 is 2.66 bits per heavy atom. The number of amides is 4. The summed E-state index contributed by atoms with van der Waals surface area (Å²) < 4.78 is 11.1. The van der Waals surface area contributed by atoms with Crippen molar-refractivity contribution in [2.45, 2.75) is 26.4 Å². The first-order valence-corrected chi connectivity index (χ1v) is 9.40. The minimum Gasteiger partial charge on any atom is -0.494 e. The van der Waals surface area contributed by atoms with E-state index in [4.69, 9.17) is 9.47 Å². The molecule has 2 aliphatic rings. The Bertz CT molecular complexity index is 1030. The third-order valence-corrected chi connectivity index (χ3v) is 4.74. The average Bonchev–Trinajstić information content (AvgIpc) is 3.06. The molecule has 0 unspecified atom stereocenters. The first-order valence-electron chi connectivity index (χ1n) is 9.40. The summed E-state index contributed by atoms with van der Waals surface area (Å²) >= 11 is 0. The highest BCUT2D eigenvalue weighted by Gasteiger charge is 2.36. The minimum atomic E-state index is -0.780. The van der Waals surface area contributed by atoms with E-state index >= 15 is 0 Å². The lowest BCUT2D eigenvalue weighted by Crippen LogP contribution is -2.54. The molecule has 7 heteroatoms. The Hall–Kier alpha value is -3.61. The van der Waals surface area contributed by atoms with Gasteiger partial charge in [-0.3, -0.25) is 14.9 Å². The molecule has 1 N–H and O–H groups in total. The molecule has 4 rings (SSSR count). The number of nitrogens with one attached hydrogen (secondary N) is 1. The van der Waals surface area contributed by atoms with Crippen LogP contribution in [0.5, 0.6) is 11.5 Å². The summed E-state index contributed by atoms with van der Waals surface area (Å²) in [5, 5.41) is 2.23. The van der Waals surface area contributed by atoms with E-state index in [9.17, 15) is 14.4 Å². The molecular weight excluding hydrogens is 372 g/mol. The van der Waals surface area contributed by atoms with Gasteiger partial charge in [0.05, 0.1) is 12.3 Å². The number of rotatable bonds is 4. The first-order chi connectivity index (χ1) is 14.0. The fourth-order valence-corrected chi connectivity index (χ4v) is 3.45. The van der Waals surface area contributed by atoms with Gasteiger partial charge in [0, 0.05) is 6.42 Å². The maximum Gasteiger partial charge on any atom is 0.335 e. The van der Waals surface area contributed by atoms with Crippen LogP contribution >= 0.6 is 0 Å². The van der Waals surface area contributed by atoms with Crippen molar-refractivity contribution < 1.29 is 23.9 Å². The molecule has 0 saturated carbocycles. The smallest absolute Gasteiger partial charge is 0.335 e. The molecule has 4 amide bonds. The van der Waals surface area contributed by atoms with E-state index in [-0.39, 0.29) is 11.7 Å². The second kappa shape index (κ2) is 7.43. The molecule has 29 heavy (non-hydrogen) atoms. The molecule has 1 saturated heterocycles. The minimum absolute atomic E-state index is 0.0975. The third kappa shape index (κ3) is 3.59. The zero-order valence-corrected chi connectivity index (χ0v) is 16.1. The van der Waals surface area contributed by atoms with Gasteiger partial charge < -0.3 is 9.47 Å². The Labute approximate surface area is 167 Å². The van der Waals surface area contributed by atoms with Gasteiger partial charge in [0.15, 0.2) is 0 Å². The molecule has 148 valence electrons. The van der Waals surface area contributed by atoms with Crippen molar-refractivity contribution in [1.29, 1.82) is 0 Å². The summed E-state index contributed by atoms with van der Waals surface area (Å²) in [5.41, 5.74) is 1.96. The van der Waals surface area contributed by atoms with Crippen LogP contribution in [0.25, 0.3) is 6.08 Å². The van der Waals surface area contributed by atoms with Crippen LogP contribution in [0, 0.1) is 0 Å². The molecule has 2 aromatic rings. The maximum absolute atomic E-state index is 13.0. The number of urea groups is 1. The van der Waals surface area contributed by atoms with E-state index in [0.717, 1.165) is 22.6 Å². The van der Waals surface area contributed by atoms with Crippen LogP contribution in [0.1, 0.15) is 25.0 Å². The molecule has 2 heterocycles. The molecule has 7 nitrogen and oxygen atoms in total. The van der Waals surface area contributed by atoms with E-state index in [1.165, 1.54) is 6.08 Å². The van der Waals surface area contributed by atoms with E-state index in [2.05, 4.69) is 5.32 Å². The number of ether oxygens (including phenoxy) is 2. The second-order valence-corrected chi connectivity index (χ2v) is 6.88. The van der Waals surface area contributed by atoms with Gasteiger partial charge >= 0.3 is 6.03 Å². The van der Waals surface area contributed by atoms with Crippen molar-refractivity contribution in [3.8, 4) is 11.5 Å². The summed E-state index contributed by atoms with van der Waals surface area (Å²) in [5.74, 6) is 0.0492. The first kappa shape index (κ1) is 18.7. The molecule has 0 radical (unpaired) electrons. The van der Waals surface area contributed by atoms with Crippen molar-refractivity contribution >= 4 is 29.6 Å². The number of carbonyl (C=O) groups is 3. The molecule has 1 atom stereocenters. The molecular formula is C22H20N2O5. The van der Waals surface area contributed by atoms with Crippen molar-refractivity contribution in [3.63, 3.8) is 0 Å². The van der Waals surface area contributed by atoms with Gasteiger partial charge in [0.2, 0.25) is 0 Å². The SMILES string of the molecule is CCOc1ccc(N2C(=O)NC(=O)/C(=C\c3ccc4c(c3)C[C@@H](C)O4)C2=O)cc1. The Balaban J connectivity index is 1.65. The predicted molar refractivity (Wildman–Crippen MR) is 107 cm³/mol. The molecule has 0 aliphatic carbocycles. The number of anilines is 1. The summed E-state index contributed by atoms with van der Waals surface area (Å²) in [6, 6.07) is 11.3. The van der Waals surface area contributed by atoms with Gasteiger partial charge in [-0.25, -0.2) is 9.69 Å². The zero-order valence-electron chi connectivity index (χ0n) is 16.1. The molecule has 1 fully saturated rings. The van der Waals surface area contributed by atoms with Crippen LogP contribution in [0.2, 0.25) is 0 Å². The summed E-state index contributed by atoms with van der Waals surface area (Å²) in [4.78, 5) is 38.6. The number of imide groups is 2. The number of carbonyl (C=O) groups excluding carboxylic acids is 3. The predicted octanol–water partition coefficient (Wildman–Crippen LogP) is 3.08. The molecule has 0 aromatic heterocycles. The van der Waals surface area contributed by atoms with E-state index in [1.54, 1.807) is 30.3 Å². The summed E-state index contributed by atoms with van der Waals surface area (Å²) in [6.45, 7) is 4.36. The molecule has 2 aliphatic heterocycles. The summed E-state index contributed by atoms with van der Waals surface area (Å²) in [6.07, 6.45) is 2.36. The average molecular weight is 392 g/mol. The zero-order chi connectivity index (χ0) is 20.5. The lowest BCUT2D eigenvalue weighted by atomic mass is 10.0. The number of hydrogen-bond donors (Lipinski definition) is 1. The summed E-state index contributed by atoms with van der Waals surface area (Å²) in [7, 11) is 0. The van der Waals surface area contributed by atoms with Crippen LogP contribution in [-0.4, -0.2) is 30.6 Å². The number of benzene rings is 2. The normalized spacial score (nSPS) is 19.8. The fourth-order valence-electron chi connectivity index (χ4n) is 3.45. The van der Waals surface area contributed by atoms with Crippen molar-refractivity contribution in [2.24, 2.45) is 0 Å². The standard InChI is InChI=1S/C22H20N2O5/c1-3-28-17-7-5-16(6-8-17)24-21(26)18(20(25)23-22(24)27)12-14-4-9-19-15(11-14)10-13(2)29-19/h4-9,11-13H,3,10H2,1-2H3,(H,23,25,27)/b18-12+/t13-/m1/s1. The number of nitrogens with zero attached hydrogens (tertiary/aromatic N) is 1. The van der Waals surface area contributed by atoms with Crippen molar-refractivity contribution in [3.05, 3.63) is 59.2 Å². The van der Waals surface area contributed by atoms with E-state index < -0.39 is 17.8 Å². The lowest BCUT2D eigenvalue weighted by Gasteiger charge is -2.26. The fraction of sp³-hybridized carbons (Fsp3) is 0.227. The second-order valence-electron chi connectivity index (χ2n) is 6.88. The monoisotopic (exact) mass is 392 g/mol. The van der Waals surface area contributed by atoms with Crippen molar-refractivity contribution in [1.82, 2.24) is 5.32 Å². The number of fused-ring (bicyclic) bond motifs is 1. The van der Waals surface area contributed by atoms with Gasteiger partial charge in [-0.15, -0.1) is 0 Å². The van der Waals surface area contributed by atoms with Gasteiger partial charge in [0.1, 0.15) is 23.2 Å². The van der Waals surface area contributed by atoms with Gasteiger partial charge in [-0.1, -0.05) is 6.07 Å². The maximum atomic E-state index is 13.0. The van der Waals surface area contributed by atoms with Crippen molar-refractivity contribution in [2.75, 3.05) is 11.5 Å². The van der Waals surface area contributed by atoms with Gasteiger partial charge in [0.25, 0.3) is 11.8 Å². The Morgan fingerprint density at radius 2 is 1.93 bits per heavy atom. The van der Waals surface area contributed by atoms with Gasteiger partial charge in [-0.2, -0.15) is 0 Å². The largest absolute Gasteiger partial charge is 0.494 e. The Kier molecular flexibility index (Phi) is 4.80. The van der Waals surface area contributed by atoms with E-state index in [0.29, 0.717) is 23.6 Å². The van der Waals surface area contributed by atoms with Crippen LogP contribution in [0.3, 0.4) is 0 Å². The number of hydrogen-bond acceptors (Lipinski definition) is 5. The van der Waals surface area contributed by atoms with Crippen LogP contribution in [0.15, 0.2) is 48.0 Å². The topological polar surface area (TPSA) is 84.9 Å². The third-order valence-electron chi connectivity index (χ3n) is 4.74. The highest BCUT2D eigenvalue weighted by Crippen LogP contribution is 2.30. The van der Waals surface area contributed by atoms with E-state index in [1.807, 2.05) is 26.0 Å². The molecule has 0 bridgehead atoms. The van der Waals surface area contributed by atoms with Crippen LogP contribution < -0.4 is 19.7 Å². The highest BCUT2D eigenvalue weighted by molar-refractivity contribution is 6.39. The highest BCUT2D eigenvalue weighted by atomic mass is 16.5. The lowest BCUT2D eigenvalue weighted by molar-refractivity contribution is -0.122. The van der Waals surface area contributed by atoms with Crippen LogP contribution in [-0.2, 0) is 16.0 Å².